The fraction of sp³-hybridized carbons (Fsp3) is 0.613. The van der Waals surface area contributed by atoms with Crippen molar-refractivity contribution >= 4 is 0 Å². The van der Waals surface area contributed by atoms with Gasteiger partial charge in [-0.3, -0.25) is 0 Å². The molecule has 33 heavy (non-hydrogen) atoms. The summed E-state index contributed by atoms with van der Waals surface area (Å²) < 4.78 is 0. The number of hydrogen-bond acceptors (Lipinski definition) is 2. The summed E-state index contributed by atoms with van der Waals surface area (Å²) >= 11 is 0. The van der Waals surface area contributed by atoms with Crippen molar-refractivity contribution in [2.45, 2.75) is 120 Å². The second-order valence-corrected chi connectivity index (χ2v) is 13.1. The predicted octanol–water partition coefficient (Wildman–Crippen LogP) is 8.06. The number of hydrogen-bond donors (Lipinski definition) is 2. The maximum atomic E-state index is 11.2. The minimum Gasteiger partial charge on any atom is -0.508 e. The Morgan fingerprint density at radius 3 is 1.30 bits per heavy atom. The summed E-state index contributed by atoms with van der Waals surface area (Å²) in [6, 6.07) is 9.00. The number of aromatic hydroxyl groups is 2. The van der Waals surface area contributed by atoms with Gasteiger partial charge in [0.25, 0.3) is 0 Å². The summed E-state index contributed by atoms with van der Waals surface area (Å²) in [7, 11) is 0. The number of benzene rings is 2. The second kappa shape index (κ2) is 7.03. The zero-order chi connectivity index (χ0) is 23.2. The van der Waals surface area contributed by atoms with Crippen molar-refractivity contribution in [1.29, 1.82) is 0 Å². The Labute approximate surface area is 199 Å². The van der Waals surface area contributed by atoms with Crippen LogP contribution in [-0.4, -0.2) is 10.2 Å². The molecule has 2 aromatic rings. The van der Waals surface area contributed by atoms with E-state index >= 15 is 0 Å². The van der Waals surface area contributed by atoms with E-state index < -0.39 is 0 Å². The summed E-state index contributed by atoms with van der Waals surface area (Å²) in [5, 5.41) is 22.4. The van der Waals surface area contributed by atoms with Gasteiger partial charge in [0, 0.05) is 5.41 Å². The lowest BCUT2D eigenvalue weighted by atomic mass is 9.72. The Hall–Kier alpha value is -1.96. The monoisotopic (exact) mass is 444 g/mol. The Morgan fingerprint density at radius 1 is 0.576 bits per heavy atom. The molecule has 0 aliphatic heterocycles. The van der Waals surface area contributed by atoms with Gasteiger partial charge in [0.05, 0.1) is 0 Å². The van der Waals surface area contributed by atoms with E-state index in [0.29, 0.717) is 23.3 Å². The molecule has 0 saturated heterocycles. The average Bonchev–Trinajstić information content (AvgIpc) is 3.51. The van der Waals surface area contributed by atoms with Gasteiger partial charge in [-0.15, -0.1) is 0 Å². The third-order valence-electron chi connectivity index (χ3n) is 9.90. The average molecular weight is 445 g/mol. The first-order valence-electron chi connectivity index (χ1n) is 13.4. The van der Waals surface area contributed by atoms with E-state index in [0.717, 1.165) is 12.8 Å². The Kier molecular flexibility index (Phi) is 4.59. The van der Waals surface area contributed by atoms with E-state index in [1.54, 1.807) is 0 Å². The van der Waals surface area contributed by atoms with Crippen LogP contribution >= 0.6 is 0 Å². The standard InChI is InChI=1S/C31H40O2/c1-29(2)17-31(25-15-27(32)21(13-23(25)29)19-9-5-6-10-19)18-30(3,4)24-14-22(20-11-7-8-12-20)28(33)16-26(24)31/h13-16,19-20,32-33H,5-12,17-18H2,1-4H3. The highest BCUT2D eigenvalue weighted by atomic mass is 16.3. The predicted molar refractivity (Wildman–Crippen MR) is 135 cm³/mol. The van der Waals surface area contributed by atoms with Gasteiger partial charge >= 0.3 is 0 Å². The van der Waals surface area contributed by atoms with Gasteiger partial charge in [0.1, 0.15) is 11.5 Å². The van der Waals surface area contributed by atoms with E-state index in [2.05, 4.69) is 52.0 Å². The molecule has 0 amide bonds. The van der Waals surface area contributed by atoms with Gasteiger partial charge in [0.2, 0.25) is 0 Å². The van der Waals surface area contributed by atoms with Gasteiger partial charge in [-0.05, 0) is 107 Å². The molecule has 4 aliphatic rings. The molecule has 1 spiro atoms. The van der Waals surface area contributed by atoms with Crippen LogP contribution in [0.15, 0.2) is 24.3 Å². The van der Waals surface area contributed by atoms with Crippen LogP contribution in [0.25, 0.3) is 0 Å². The molecule has 0 heterocycles. The largest absolute Gasteiger partial charge is 0.508 e. The minimum absolute atomic E-state index is 0.0494. The van der Waals surface area contributed by atoms with Crippen LogP contribution < -0.4 is 0 Å². The molecule has 2 nitrogen and oxygen atoms in total. The molecule has 0 atom stereocenters. The van der Waals surface area contributed by atoms with E-state index in [1.165, 1.54) is 84.7 Å². The normalized spacial score (nSPS) is 25.1. The van der Waals surface area contributed by atoms with Crippen LogP contribution in [-0.2, 0) is 16.2 Å². The number of rotatable bonds is 2. The highest BCUT2D eigenvalue weighted by Gasteiger charge is 2.57. The lowest BCUT2D eigenvalue weighted by molar-refractivity contribution is 0.348. The summed E-state index contributed by atoms with van der Waals surface area (Å²) in [6.45, 7) is 9.53. The smallest absolute Gasteiger partial charge is 0.119 e. The Bertz CT molecular complexity index is 1020. The second-order valence-electron chi connectivity index (χ2n) is 13.1. The van der Waals surface area contributed by atoms with Gasteiger partial charge in [0.15, 0.2) is 0 Å². The first-order chi connectivity index (χ1) is 15.6. The molecule has 4 aliphatic carbocycles. The van der Waals surface area contributed by atoms with Crippen LogP contribution in [0.1, 0.15) is 137 Å². The summed E-state index contributed by atoms with van der Waals surface area (Å²) in [5.74, 6) is 2.01. The molecule has 0 radical (unpaired) electrons. The van der Waals surface area contributed by atoms with Crippen LogP contribution in [0.4, 0.5) is 0 Å². The summed E-state index contributed by atoms with van der Waals surface area (Å²) in [4.78, 5) is 0. The van der Waals surface area contributed by atoms with Crippen molar-refractivity contribution in [2.24, 2.45) is 0 Å². The lowest BCUT2D eigenvalue weighted by Crippen LogP contribution is -2.26. The zero-order valence-corrected chi connectivity index (χ0v) is 20.9. The first-order valence-corrected chi connectivity index (χ1v) is 13.4. The molecular formula is C31H40O2. The van der Waals surface area contributed by atoms with Crippen LogP contribution in [0.2, 0.25) is 0 Å². The number of fused-ring (bicyclic) bond motifs is 4. The molecule has 0 bridgehead atoms. The molecule has 2 aromatic carbocycles. The van der Waals surface area contributed by atoms with Gasteiger partial charge in [-0.25, -0.2) is 0 Å². The molecule has 2 heteroatoms. The zero-order valence-electron chi connectivity index (χ0n) is 20.9. The van der Waals surface area contributed by atoms with Crippen molar-refractivity contribution in [3.05, 3.63) is 57.6 Å². The lowest BCUT2D eigenvalue weighted by Gasteiger charge is -2.30. The third kappa shape index (κ3) is 3.05. The van der Waals surface area contributed by atoms with Crippen molar-refractivity contribution in [3.8, 4) is 11.5 Å². The van der Waals surface area contributed by atoms with E-state index in [9.17, 15) is 10.2 Å². The van der Waals surface area contributed by atoms with Gasteiger partial charge < -0.3 is 10.2 Å². The molecule has 6 rings (SSSR count). The molecule has 176 valence electrons. The number of phenolic OH excluding ortho intramolecular Hbond substituents is 2. The quantitative estimate of drug-likeness (QED) is 0.492. The highest BCUT2D eigenvalue weighted by Crippen LogP contribution is 2.64. The molecule has 2 N–H and O–H groups in total. The van der Waals surface area contributed by atoms with Crippen LogP contribution in [0.5, 0.6) is 11.5 Å². The molecule has 2 fully saturated rings. The fourth-order valence-corrected chi connectivity index (χ4v) is 8.54. The van der Waals surface area contributed by atoms with Gasteiger partial charge in [-0.2, -0.15) is 0 Å². The molecule has 2 saturated carbocycles. The third-order valence-corrected chi connectivity index (χ3v) is 9.90. The Morgan fingerprint density at radius 2 is 0.939 bits per heavy atom. The minimum atomic E-state index is -0.130. The number of phenols is 2. The van der Waals surface area contributed by atoms with E-state index in [4.69, 9.17) is 0 Å². The molecule has 0 unspecified atom stereocenters. The van der Waals surface area contributed by atoms with Crippen molar-refractivity contribution in [3.63, 3.8) is 0 Å². The van der Waals surface area contributed by atoms with Crippen LogP contribution in [0.3, 0.4) is 0 Å². The SMILES string of the molecule is CC1(C)CC2(CC(C)(C)c3cc(C4CCCC4)c(O)cc32)c2cc(O)c(C3CCCC3)cc21. The fourth-order valence-electron chi connectivity index (χ4n) is 8.54. The summed E-state index contributed by atoms with van der Waals surface area (Å²) in [5.41, 5.74) is 7.78. The Balaban J connectivity index is 1.53. The molecular weight excluding hydrogens is 404 g/mol. The first kappa shape index (κ1) is 21.6. The van der Waals surface area contributed by atoms with Crippen molar-refractivity contribution < 1.29 is 10.2 Å². The highest BCUT2D eigenvalue weighted by molar-refractivity contribution is 5.64. The topological polar surface area (TPSA) is 40.5 Å². The summed E-state index contributed by atoms with van der Waals surface area (Å²) in [6.07, 6.45) is 12.0. The van der Waals surface area contributed by atoms with E-state index in [1.807, 2.05) is 0 Å². The maximum absolute atomic E-state index is 11.2. The maximum Gasteiger partial charge on any atom is 0.119 e. The van der Waals surface area contributed by atoms with Gasteiger partial charge in [-0.1, -0.05) is 65.5 Å². The van der Waals surface area contributed by atoms with Crippen molar-refractivity contribution in [2.75, 3.05) is 0 Å². The molecule has 0 aromatic heterocycles. The van der Waals surface area contributed by atoms with Crippen molar-refractivity contribution in [1.82, 2.24) is 0 Å². The van der Waals surface area contributed by atoms with Crippen LogP contribution in [0, 0.1) is 0 Å². The van der Waals surface area contributed by atoms with E-state index in [-0.39, 0.29) is 16.2 Å².